The lowest BCUT2D eigenvalue weighted by Gasteiger charge is -2.40. The van der Waals surface area contributed by atoms with E-state index in [1.165, 1.54) is 6.26 Å². The summed E-state index contributed by atoms with van der Waals surface area (Å²) >= 11 is 0. The van der Waals surface area contributed by atoms with E-state index in [-0.39, 0.29) is 17.5 Å². The van der Waals surface area contributed by atoms with E-state index in [9.17, 15) is 9.59 Å². The highest BCUT2D eigenvalue weighted by atomic mass is 16.3. The number of piperazine rings is 1. The van der Waals surface area contributed by atoms with Gasteiger partial charge in [-0.1, -0.05) is 30.3 Å². The first-order valence-corrected chi connectivity index (χ1v) is 8.29. The zero-order valence-electron chi connectivity index (χ0n) is 14.4. The van der Waals surface area contributed by atoms with Crippen molar-refractivity contribution in [2.75, 3.05) is 26.7 Å². The third kappa shape index (κ3) is 3.88. The predicted molar refractivity (Wildman–Crippen MR) is 91.9 cm³/mol. The molecule has 7 heteroatoms. The molecule has 1 aliphatic heterocycles. The number of aromatic nitrogens is 1. The number of rotatable bonds is 4. The molecular weight excluding hydrogens is 320 g/mol. The summed E-state index contributed by atoms with van der Waals surface area (Å²) in [5.41, 5.74) is 1.42. The van der Waals surface area contributed by atoms with Crippen LogP contribution in [0.25, 0.3) is 0 Å². The largest absolute Gasteiger partial charge is 0.448 e. The number of oxazole rings is 1. The zero-order valence-corrected chi connectivity index (χ0v) is 14.4. The van der Waals surface area contributed by atoms with Crippen molar-refractivity contribution in [2.24, 2.45) is 0 Å². The molecule has 1 fully saturated rings. The van der Waals surface area contributed by atoms with Gasteiger partial charge in [-0.2, -0.15) is 0 Å². The van der Waals surface area contributed by atoms with E-state index >= 15 is 0 Å². The molecule has 0 unspecified atom stereocenters. The number of nitrogens with zero attached hydrogens (tertiary/aromatic N) is 3. The van der Waals surface area contributed by atoms with Gasteiger partial charge in [-0.15, -0.1) is 0 Å². The molecule has 0 saturated carbocycles. The number of likely N-dealkylation sites (N-methyl/N-ethyl adjacent to an activating group) is 1. The molecule has 1 aliphatic rings. The number of amides is 2. The Morgan fingerprint density at radius 3 is 2.68 bits per heavy atom. The van der Waals surface area contributed by atoms with Crippen LogP contribution in [0.1, 0.15) is 21.9 Å². The molecule has 0 bridgehead atoms. The number of nitrogens with one attached hydrogen (secondary N) is 1. The van der Waals surface area contributed by atoms with Crippen LogP contribution < -0.4 is 5.32 Å². The summed E-state index contributed by atoms with van der Waals surface area (Å²) < 4.78 is 5.12. The Bertz CT molecular complexity index is 744. The van der Waals surface area contributed by atoms with E-state index in [0.717, 1.165) is 5.56 Å². The van der Waals surface area contributed by atoms with Crippen LogP contribution in [-0.2, 0) is 11.3 Å². The summed E-state index contributed by atoms with van der Waals surface area (Å²) in [4.78, 5) is 32.8. The van der Waals surface area contributed by atoms with Gasteiger partial charge in [-0.3, -0.25) is 14.5 Å². The fourth-order valence-corrected chi connectivity index (χ4v) is 3.05. The molecule has 2 heterocycles. The van der Waals surface area contributed by atoms with E-state index in [2.05, 4.69) is 15.2 Å². The second-order valence-electron chi connectivity index (χ2n) is 6.09. The molecular formula is C18H22N4O3. The molecule has 2 amide bonds. The molecule has 1 aromatic carbocycles. The second-order valence-corrected chi connectivity index (χ2v) is 6.09. The molecule has 7 nitrogen and oxygen atoms in total. The van der Waals surface area contributed by atoms with Crippen molar-refractivity contribution in [3.63, 3.8) is 0 Å². The molecule has 1 N–H and O–H groups in total. The molecule has 1 aromatic heterocycles. The minimum absolute atomic E-state index is 0.0928. The Morgan fingerprint density at radius 1 is 1.28 bits per heavy atom. The van der Waals surface area contributed by atoms with Crippen LogP contribution in [0.15, 0.2) is 41.0 Å². The number of hydrogen-bond acceptors (Lipinski definition) is 5. The molecule has 2 aromatic rings. The second kappa shape index (κ2) is 7.48. The average Bonchev–Trinajstić information content (AvgIpc) is 3.08. The number of hydrogen-bond donors (Lipinski definition) is 1. The lowest BCUT2D eigenvalue weighted by atomic mass is 10.1. The van der Waals surface area contributed by atoms with Crippen molar-refractivity contribution in [1.82, 2.24) is 20.1 Å². The maximum atomic E-state index is 12.6. The highest BCUT2D eigenvalue weighted by molar-refractivity contribution is 5.93. The van der Waals surface area contributed by atoms with Gasteiger partial charge in [0.25, 0.3) is 5.91 Å². The van der Waals surface area contributed by atoms with E-state index < -0.39 is 6.04 Å². The van der Waals surface area contributed by atoms with Gasteiger partial charge >= 0.3 is 0 Å². The van der Waals surface area contributed by atoms with Crippen LogP contribution in [0.3, 0.4) is 0 Å². The summed E-state index contributed by atoms with van der Waals surface area (Å²) in [6.45, 7) is 3.86. The first-order valence-electron chi connectivity index (χ1n) is 8.29. The first kappa shape index (κ1) is 17.2. The topological polar surface area (TPSA) is 78.7 Å². The molecule has 0 spiro atoms. The van der Waals surface area contributed by atoms with Crippen LogP contribution in [0.5, 0.6) is 0 Å². The fourth-order valence-electron chi connectivity index (χ4n) is 3.05. The van der Waals surface area contributed by atoms with Gasteiger partial charge in [0.05, 0.1) is 0 Å². The van der Waals surface area contributed by atoms with Gasteiger partial charge in [-0.25, -0.2) is 4.98 Å². The SMILES string of the molecule is CNC(=O)[C@H]1CN(C(=O)c2coc(C)n2)CCN1Cc1ccccc1. The minimum Gasteiger partial charge on any atom is -0.448 e. The van der Waals surface area contributed by atoms with Crippen LogP contribution >= 0.6 is 0 Å². The van der Waals surface area contributed by atoms with Gasteiger partial charge < -0.3 is 14.6 Å². The number of carbonyl (C=O) groups is 2. The van der Waals surface area contributed by atoms with Crippen LogP contribution in [0, 0.1) is 6.92 Å². The highest BCUT2D eigenvalue weighted by Gasteiger charge is 2.34. The van der Waals surface area contributed by atoms with Gasteiger partial charge in [0, 0.05) is 40.2 Å². The molecule has 3 rings (SSSR count). The molecule has 25 heavy (non-hydrogen) atoms. The molecule has 1 atom stereocenters. The lowest BCUT2D eigenvalue weighted by molar-refractivity contribution is -0.128. The zero-order chi connectivity index (χ0) is 17.8. The molecule has 0 aliphatic carbocycles. The van der Waals surface area contributed by atoms with Gasteiger partial charge in [0.1, 0.15) is 12.3 Å². The summed E-state index contributed by atoms with van der Waals surface area (Å²) in [7, 11) is 1.62. The Balaban J connectivity index is 1.74. The lowest BCUT2D eigenvalue weighted by Crippen LogP contribution is -2.59. The number of aryl methyl sites for hydroxylation is 1. The van der Waals surface area contributed by atoms with E-state index in [0.29, 0.717) is 32.1 Å². The van der Waals surface area contributed by atoms with Crippen LogP contribution in [0.2, 0.25) is 0 Å². The van der Waals surface area contributed by atoms with Crippen LogP contribution in [-0.4, -0.2) is 59.3 Å². The van der Waals surface area contributed by atoms with Crippen LogP contribution in [0.4, 0.5) is 0 Å². The Kier molecular flexibility index (Phi) is 5.14. The van der Waals surface area contributed by atoms with Crippen molar-refractivity contribution < 1.29 is 14.0 Å². The minimum atomic E-state index is -0.393. The first-order chi connectivity index (χ1) is 12.1. The van der Waals surface area contributed by atoms with E-state index in [1.54, 1.807) is 18.9 Å². The predicted octanol–water partition coefficient (Wildman–Crippen LogP) is 1.06. The average molecular weight is 342 g/mol. The third-order valence-electron chi connectivity index (χ3n) is 4.39. The van der Waals surface area contributed by atoms with Crippen molar-refractivity contribution in [1.29, 1.82) is 0 Å². The van der Waals surface area contributed by atoms with Crippen molar-refractivity contribution in [3.05, 3.63) is 53.7 Å². The number of carbonyl (C=O) groups excluding carboxylic acids is 2. The van der Waals surface area contributed by atoms with Gasteiger partial charge in [-0.05, 0) is 5.56 Å². The van der Waals surface area contributed by atoms with E-state index in [4.69, 9.17) is 4.42 Å². The normalized spacial score (nSPS) is 18.2. The summed E-state index contributed by atoms with van der Waals surface area (Å²) in [5, 5.41) is 2.70. The maximum absolute atomic E-state index is 12.6. The van der Waals surface area contributed by atoms with Crippen molar-refractivity contribution >= 4 is 11.8 Å². The molecule has 1 saturated heterocycles. The van der Waals surface area contributed by atoms with Crippen molar-refractivity contribution in [2.45, 2.75) is 19.5 Å². The van der Waals surface area contributed by atoms with Gasteiger partial charge in [0.2, 0.25) is 5.91 Å². The molecule has 132 valence electrons. The summed E-state index contributed by atoms with van der Waals surface area (Å²) in [6.07, 6.45) is 1.36. The monoisotopic (exact) mass is 342 g/mol. The third-order valence-corrected chi connectivity index (χ3v) is 4.39. The quantitative estimate of drug-likeness (QED) is 0.899. The Morgan fingerprint density at radius 2 is 2.04 bits per heavy atom. The maximum Gasteiger partial charge on any atom is 0.275 e. The smallest absolute Gasteiger partial charge is 0.275 e. The summed E-state index contributed by atoms with van der Waals surface area (Å²) in [5.74, 6) is 0.156. The summed E-state index contributed by atoms with van der Waals surface area (Å²) in [6, 6.07) is 9.62. The van der Waals surface area contributed by atoms with Crippen molar-refractivity contribution in [3.8, 4) is 0 Å². The Hall–Kier alpha value is -2.67. The molecule has 0 radical (unpaired) electrons. The Labute approximate surface area is 146 Å². The van der Waals surface area contributed by atoms with Gasteiger partial charge in [0.15, 0.2) is 11.6 Å². The standard InChI is InChI=1S/C18H22N4O3/c1-13-20-15(12-25-13)18(24)22-9-8-21(16(11-22)17(23)19-2)10-14-6-4-3-5-7-14/h3-7,12,16H,8-11H2,1-2H3,(H,19,23)/t16-/m1/s1. The fraction of sp³-hybridized carbons (Fsp3) is 0.389. The highest BCUT2D eigenvalue weighted by Crippen LogP contribution is 2.16. The number of benzene rings is 1. The van der Waals surface area contributed by atoms with E-state index in [1.807, 2.05) is 30.3 Å².